The molecule has 2 heteroatoms. The Hall–Kier alpha value is -1.08. The quantitative estimate of drug-likeness (QED) is 0.586. The lowest BCUT2D eigenvalue weighted by Gasteiger charge is -2.25. The van der Waals surface area contributed by atoms with E-state index in [0.29, 0.717) is 0 Å². The second-order valence-corrected chi connectivity index (χ2v) is 11.7. The summed E-state index contributed by atoms with van der Waals surface area (Å²) in [4.78, 5) is 2.53. The van der Waals surface area contributed by atoms with Gasteiger partial charge in [-0.3, -0.25) is 4.90 Å². The summed E-state index contributed by atoms with van der Waals surface area (Å²) < 4.78 is 0. The van der Waals surface area contributed by atoms with E-state index in [1.165, 1.54) is 17.7 Å². The van der Waals surface area contributed by atoms with Gasteiger partial charge in [0.2, 0.25) is 0 Å². The Morgan fingerprint density at radius 2 is 1.94 bits per heavy atom. The van der Waals surface area contributed by atoms with E-state index in [1.807, 2.05) is 0 Å². The normalized spacial score (nSPS) is 21.1. The first-order valence-electron chi connectivity index (χ1n) is 6.66. The van der Waals surface area contributed by atoms with Crippen LogP contribution in [-0.2, 0) is 6.54 Å². The second kappa shape index (κ2) is 5.27. The van der Waals surface area contributed by atoms with Gasteiger partial charge < -0.3 is 0 Å². The summed E-state index contributed by atoms with van der Waals surface area (Å²) in [5.74, 6) is 0. The van der Waals surface area contributed by atoms with Gasteiger partial charge in [0.15, 0.2) is 0 Å². The summed E-state index contributed by atoms with van der Waals surface area (Å²) in [7, 11) is -1.15. The molecule has 1 nitrogen and oxygen atoms in total. The molecule has 0 bridgehead atoms. The average Bonchev–Trinajstić information content (AvgIpc) is 2.73. The smallest absolute Gasteiger partial charge is 0.0542 e. The van der Waals surface area contributed by atoms with Crippen molar-refractivity contribution in [2.75, 3.05) is 13.1 Å². The Labute approximate surface area is 112 Å². The summed E-state index contributed by atoms with van der Waals surface area (Å²) in [6.45, 7) is 14.5. The molecule has 0 radical (unpaired) electrons. The lowest BCUT2D eigenvalue weighted by atomic mass is 10.2. The van der Waals surface area contributed by atoms with E-state index in [4.69, 9.17) is 0 Å². The van der Waals surface area contributed by atoms with Crippen molar-refractivity contribution in [1.29, 1.82) is 0 Å². The minimum atomic E-state index is -1.15. The molecule has 1 heterocycles. The van der Waals surface area contributed by atoms with Gasteiger partial charge in [0.1, 0.15) is 0 Å². The molecule has 0 amide bonds. The molecule has 1 aliphatic rings. The van der Waals surface area contributed by atoms with Crippen molar-refractivity contribution in [3.8, 4) is 0 Å². The summed E-state index contributed by atoms with van der Waals surface area (Å²) in [6, 6.07) is 10.7. The molecule has 1 aliphatic heterocycles. The van der Waals surface area contributed by atoms with E-state index in [1.54, 1.807) is 0 Å². The first-order valence-corrected chi connectivity index (χ1v) is 10.2. The van der Waals surface area contributed by atoms with Crippen molar-refractivity contribution in [2.24, 2.45) is 0 Å². The maximum atomic E-state index is 3.88. The van der Waals surface area contributed by atoms with Crippen LogP contribution in [-0.4, -0.2) is 26.1 Å². The fourth-order valence-corrected chi connectivity index (χ4v) is 4.77. The first-order chi connectivity index (χ1) is 8.50. The van der Waals surface area contributed by atoms with E-state index in [2.05, 4.69) is 67.2 Å². The Morgan fingerprint density at radius 3 is 2.44 bits per heavy atom. The summed E-state index contributed by atoms with van der Waals surface area (Å²) in [5, 5.41) is 0. The van der Waals surface area contributed by atoms with Gasteiger partial charge in [-0.05, 0) is 16.7 Å². The highest BCUT2D eigenvalue weighted by atomic mass is 28.3. The van der Waals surface area contributed by atoms with Crippen molar-refractivity contribution in [1.82, 2.24) is 4.90 Å². The molecular formula is C16H23NSi. The Morgan fingerprint density at radius 1 is 1.28 bits per heavy atom. The molecule has 0 aliphatic carbocycles. The summed E-state index contributed by atoms with van der Waals surface area (Å²) >= 11 is 0. The van der Waals surface area contributed by atoms with Crippen LogP contribution in [0.2, 0.25) is 25.2 Å². The van der Waals surface area contributed by atoms with Crippen LogP contribution in [0.15, 0.2) is 48.2 Å². The van der Waals surface area contributed by atoms with Crippen LogP contribution in [0.25, 0.3) is 0 Å². The van der Waals surface area contributed by atoms with Crippen molar-refractivity contribution < 1.29 is 0 Å². The van der Waals surface area contributed by atoms with Crippen LogP contribution < -0.4 is 0 Å². The van der Waals surface area contributed by atoms with Gasteiger partial charge in [0.25, 0.3) is 0 Å². The van der Waals surface area contributed by atoms with Crippen LogP contribution in [0, 0.1) is 0 Å². The monoisotopic (exact) mass is 257 g/mol. The molecule has 1 saturated heterocycles. The Kier molecular flexibility index (Phi) is 3.91. The zero-order valence-corrected chi connectivity index (χ0v) is 12.7. The van der Waals surface area contributed by atoms with Crippen LogP contribution >= 0.6 is 0 Å². The number of likely N-dealkylation sites (tertiary alicyclic amines) is 1. The molecule has 0 spiro atoms. The number of benzene rings is 1. The minimum absolute atomic E-state index is 0.721. The maximum absolute atomic E-state index is 3.88. The molecular weight excluding hydrogens is 234 g/mol. The second-order valence-electron chi connectivity index (χ2n) is 6.28. The average molecular weight is 257 g/mol. The van der Waals surface area contributed by atoms with E-state index in [-0.39, 0.29) is 0 Å². The largest absolute Gasteiger partial charge is 0.294 e. The zero-order valence-electron chi connectivity index (χ0n) is 11.7. The number of nitrogens with zero attached hydrogens (tertiary/aromatic N) is 1. The van der Waals surface area contributed by atoms with Crippen molar-refractivity contribution in [3.05, 3.63) is 53.8 Å². The van der Waals surface area contributed by atoms with Gasteiger partial charge in [-0.15, -0.1) is 5.73 Å². The Balaban J connectivity index is 2.09. The fourth-order valence-electron chi connectivity index (χ4n) is 2.72. The van der Waals surface area contributed by atoms with Crippen LogP contribution in [0.1, 0.15) is 5.56 Å². The summed E-state index contributed by atoms with van der Waals surface area (Å²) in [6.07, 6.45) is 0. The standard InChI is InChI=1S/C16H23NSi/c1-5-15-12-17(13-16(15)18(2,3)4)11-14-9-7-6-8-10-14/h6-10,16H,1,11-13H2,2-4H3. The number of hydrogen-bond donors (Lipinski definition) is 0. The minimum Gasteiger partial charge on any atom is -0.294 e. The third kappa shape index (κ3) is 3.02. The van der Waals surface area contributed by atoms with Gasteiger partial charge in [0.05, 0.1) is 8.07 Å². The molecule has 2 rings (SSSR count). The molecule has 96 valence electrons. The fraction of sp³-hybridized carbons (Fsp3) is 0.438. The Bertz CT molecular complexity index is 452. The third-order valence-corrected chi connectivity index (χ3v) is 6.40. The molecule has 1 aromatic carbocycles. The van der Waals surface area contributed by atoms with Crippen LogP contribution in [0.3, 0.4) is 0 Å². The summed E-state index contributed by atoms with van der Waals surface area (Å²) in [5.41, 5.74) is 6.75. The van der Waals surface area contributed by atoms with Gasteiger partial charge >= 0.3 is 0 Å². The van der Waals surface area contributed by atoms with Crippen LogP contribution in [0.4, 0.5) is 0 Å². The predicted octanol–water partition coefficient (Wildman–Crippen LogP) is 3.92. The van der Waals surface area contributed by atoms with Gasteiger partial charge in [0, 0.05) is 19.6 Å². The molecule has 1 atom stereocenters. The first kappa shape index (κ1) is 13.4. The molecule has 1 aromatic rings. The van der Waals surface area contributed by atoms with Gasteiger partial charge in [-0.25, -0.2) is 0 Å². The van der Waals surface area contributed by atoms with Gasteiger partial charge in [-0.2, -0.15) is 0 Å². The number of hydrogen-bond acceptors (Lipinski definition) is 1. The predicted molar refractivity (Wildman–Crippen MR) is 81.5 cm³/mol. The van der Waals surface area contributed by atoms with E-state index in [0.717, 1.165) is 18.6 Å². The van der Waals surface area contributed by atoms with Crippen LogP contribution in [0.5, 0.6) is 0 Å². The zero-order chi connectivity index (χ0) is 13.2. The maximum Gasteiger partial charge on any atom is 0.0542 e. The lowest BCUT2D eigenvalue weighted by molar-refractivity contribution is 0.336. The van der Waals surface area contributed by atoms with Crippen molar-refractivity contribution >= 4 is 8.07 Å². The van der Waals surface area contributed by atoms with Gasteiger partial charge in [-0.1, -0.05) is 56.6 Å². The molecule has 18 heavy (non-hydrogen) atoms. The SMILES string of the molecule is C=C=C1CN(Cc2ccccc2)CC1[Si](C)(C)C. The third-order valence-electron chi connectivity index (χ3n) is 3.78. The van der Waals surface area contributed by atoms with E-state index >= 15 is 0 Å². The highest BCUT2D eigenvalue weighted by Crippen LogP contribution is 2.36. The molecule has 0 saturated carbocycles. The van der Waals surface area contributed by atoms with E-state index < -0.39 is 8.07 Å². The van der Waals surface area contributed by atoms with Crippen molar-refractivity contribution in [2.45, 2.75) is 31.7 Å². The molecule has 0 aromatic heterocycles. The molecule has 1 unspecified atom stereocenters. The highest BCUT2D eigenvalue weighted by Gasteiger charge is 2.36. The molecule has 0 N–H and O–H groups in total. The van der Waals surface area contributed by atoms with E-state index in [9.17, 15) is 0 Å². The topological polar surface area (TPSA) is 3.24 Å². The lowest BCUT2D eigenvalue weighted by Crippen LogP contribution is -2.31. The highest BCUT2D eigenvalue weighted by molar-refractivity contribution is 6.78. The number of rotatable bonds is 3. The van der Waals surface area contributed by atoms with Crippen molar-refractivity contribution in [3.63, 3.8) is 0 Å². The molecule has 1 fully saturated rings.